The number of hydrogen-bond acceptors (Lipinski definition) is 3. The summed E-state index contributed by atoms with van der Waals surface area (Å²) in [7, 11) is 1.55. The molecule has 2 amide bonds. The second-order valence-corrected chi connectivity index (χ2v) is 3.94. The van der Waals surface area contributed by atoms with Crippen molar-refractivity contribution < 1.29 is 19.4 Å². The average molecular weight is 266 g/mol. The van der Waals surface area contributed by atoms with Crippen LogP contribution in [0.4, 0.5) is 4.79 Å². The van der Waals surface area contributed by atoms with E-state index in [0.717, 1.165) is 5.56 Å². The van der Waals surface area contributed by atoms with Gasteiger partial charge in [0.05, 0.1) is 7.11 Å². The maximum absolute atomic E-state index is 11.6. The molecule has 1 unspecified atom stereocenters. The first-order valence-corrected chi connectivity index (χ1v) is 5.97. The fourth-order valence-electron chi connectivity index (χ4n) is 1.57. The number of nitrogens with one attached hydrogen (secondary N) is 2. The lowest BCUT2D eigenvalue weighted by Crippen LogP contribution is -2.45. The van der Waals surface area contributed by atoms with Gasteiger partial charge in [-0.3, -0.25) is 0 Å². The number of methoxy groups -OCH3 is 1. The predicted octanol–water partition coefficient (Wildman–Crippen LogP) is 1.36. The number of amides is 2. The van der Waals surface area contributed by atoms with Crippen LogP contribution in [0.15, 0.2) is 24.3 Å². The summed E-state index contributed by atoms with van der Waals surface area (Å²) in [5.41, 5.74) is 0.823. The Morgan fingerprint density at radius 1 is 1.37 bits per heavy atom. The van der Waals surface area contributed by atoms with E-state index < -0.39 is 18.0 Å². The van der Waals surface area contributed by atoms with Gasteiger partial charge in [0.2, 0.25) is 0 Å². The maximum Gasteiger partial charge on any atom is 0.326 e. The summed E-state index contributed by atoms with van der Waals surface area (Å²) in [6.45, 7) is 1.96. The molecular formula is C13H18N2O4. The first-order valence-electron chi connectivity index (χ1n) is 5.97. The topological polar surface area (TPSA) is 87.7 Å². The molecule has 0 fully saturated rings. The van der Waals surface area contributed by atoms with E-state index in [-0.39, 0.29) is 6.54 Å². The summed E-state index contributed by atoms with van der Waals surface area (Å²) >= 11 is 0. The van der Waals surface area contributed by atoms with Crippen molar-refractivity contribution in [2.45, 2.75) is 25.9 Å². The van der Waals surface area contributed by atoms with Crippen molar-refractivity contribution in [3.8, 4) is 5.75 Å². The second kappa shape index (κ2) is 7.25. The standard InChI is InChI=1S/C13H18N2O4/c1-3-10(12(16)17)15-13(18)14-8-9-6-4-5-7-11(9)19-2/h4-7,10H,3,8H2,1-2H3,(H,16,17)(H2,14,15,18). The van der Waals surface area contributed by atoms with Gasteiger partial charge in [0.1, 0.15) is 11.8 Å². The second-order valence-electron chi connectivity index (χ2n) is 3.94. The normalized spacial score (nSPS) is 11.5. The number of carbonyl (C=O) groups is 2. The van der Waals surface area contributed by atoms with Crippen LogP contribution < -0.4 is 15.4 Å². The number of urea groups is 1. The predicted molar refractivity (Wildman–Crippen MR) is 70.1 cm³/mol. The molecule has 1 rings (SSSR count). The third-order valence-electron chi connectivity index (χ3n) is 2.64. The summed E-state index contributed by atoms with van der Waals surface area (Å²) < 4.78 is 5.15. The van der Waals surface area contributed by atoms with Crippen molar-refractivity contribution in [2.24, 2.45) is 0 Å². The van der Waals surface area contributed by atoms with Crippen molar-refractivity contribution in [1.82, 2.24) is 10.6 Å². The minimum Gasteiger partial charge on any atom is -0.496 e. The van der Waals surface area contributed by atoms with E-state index in [1.165, 1.54) is 0 Å². The van der Waals surface area contributed by atoms with E-state index in [2.05, 4.69) is 10.6 Å². The van der Waals surface area contributed by atoms with Crippen LogP contribution in [-0.4, -0.2) is 30.3 Å². The largest absolute Gasteiger partial charge is 0.496 e. The van der Waals surface area contributed by atoms with Crippen molar-refractivity contribution in [1.29, 1.82) is 0 Å². The molecule has 0 radical (unpaired) electrons. The fourth-order valence-corrected chi connectivity index (χ4v) is 1.57. The number of para-hydroxylation sites is 1. The minimum atomic E-state index is -1.05. The Morgan fingerprint density at radius 2 is 2.05 bits per heavy atom. The van der Waals surface area contributed by atoms with Crippen molar-refractivity contribution in [3.63, 3.8) is 0 Å². The molecule has 0 saturated carbocycles. The van der Waals surface area contributed by atoms with Gasteiger partial charge >= 0.3 is 12.0 Å². The Kier molecular flexibility index (Phi) is 5.66. The van der Waals surface area contributed by atoms with Crippen molar-refractivity contribution in [2.75, 3.05) is 7.11 Å². The van der Waals surface area contributed by atoms with Gasteiger partial charge in [-0.1, -0.05) is 25.1 Å². The molecule has 0 aliphatic carbocycles. The van der Waals surface area contributed by atoms with E-state index >= 15 is 0 Å². The SMILES string of the molecule is CCC(NC(=O)NCc1ccccc1OC)C(=O)O. The Hall–Kier alpha value is -2.24. The average Bonchev–Trinajstić information content (AvgIpc) is 2.42. The maximum atomic E-state index is 11.6. The van der Waals surface area contributed by atoms with Gasteiger partial charge in [0.15, 0.2) is 0 Å². The molecule has 0 heterocycles. The van der Waals surface area contributed by atoms with Gasteiger partial charge in [0, 0.05) is 12.1 Å². The fraction of sp³-hybridized carbons (Fsp3) is 0.385. The molecule has 1 aromatic carbocycles. The number of carboxylic acids is 1. The van der Waals surface area contributed by atoms with Gasteiger partial charge < -0.3 is 20.5 Å². The van der Waals surface area contributed by atoms with E-state index in [1.807, 2.05) is 18.2 Å². The molecular weight excluding hydrogens is 248 g/mol. The lowest BCUT2D eigenvalue weighted by atomic mass is 10.2. The number of ether oxygens (including phenoxy) is 1. The van der Waals surface area contributed by atoms with Crippen LogP contribution in [0.5, 0.6) is 5.75 Å². The van der Waals surface area contributed by atoms with E-state index in [4.69, 9.17) is 9.84 Å². The van der Waals surface area contributed by atoms with Gasteiger partial charge in [0.25, 0.3) is 0 Å². The van der Waals surface area contributed by atoms with Crippen LogP contribution in [0.2, 0.25) is 0 Å². The van der Waals surface area contributed by atoms with E-state index in [1.54, 1.807) is 20.1 Å². The zero-order chi connectivity index (χ0) is 14.3. The summed E-state index contributed by atoms with van der Waals surface area (Å²) in [4.78, 5) is 22.3. The number of aliphatic carboxylic acids is 1. The zero-order valence-corrected chi connectivity index (χ0v) is 11.0. The molecule has 1 aromatic rings. The molecule has 1 atom stereocenters. The van der Waals surface area contributed by atoms with Crippen LogP contribution in [0.3, 0.4) is 0 Å². The Bertz CT molecular complexity index is 448. The number of carboxylic acid groups (broad SMARTS) is 1. The minimum absolute atomic E-state index is 0.270. The molecule has 104 valence electrons. The molecule has 0 aliphatic heterocycles. The quantitative estimate of drug-likeness (QED) is 0.725. The Morgan fingerprint density at radius 3 is 2.63 bits per heavy atom. The molecule has 0 spiro atoms. The highest BCUT2D eigenvalue weighted by atomic mass is 16.5. The Labute approximate surface area is 111 Å². The smallest absolute Gasteiger partial charge is 0.326 e. The number of benzene rings is 1. The number of carbonyl (C=O) groups excluding carboxylic acids is 1. The monoisotopic (exact) mass is 266 g/mol. The molecule has 0 bridgehead atoms. The lowest BCUT2D eigenvalue weighted by Gasteiger charge is -2.14. The highest BCUT2D eigenvalue weighted by molar-refractivity contribution is 5.82. The summed E-state index contributed by atoms with van der Waals surface area (Å²) in [6.07, 6.45) is 0.331. The lowest BCUT2D eigenvalue weighted by molar-refractivity contribution is -0.139. The van der Waals surface area contributed by atoms with E-state index in [9.17, 15) is 9.59 Å². The zero-order valence-electron chi connectivity index (χ0n) is 11.0. The van der Waals surface area contributed by atoms with E-state index in [0.29, 0.717) is 12.2 Å². The first kappa shape index (κ1) is 14.8. The molecule has 0 saturated heterocycles. The van der Waals surface area contributed by atoms with Crippen LogP contribution in [0.1, 0.15) is 18.9 Å². The third-order valence-corrected chi connectivity index (χ3v) is 2.64. The van der Waals surface area contributed by atoms with Gasteiger partial charge in [-0.15, -0.1) is 0 Å². The van der Waals surface area contributed by atoms with Gasteiger partial charge in [-0.2, -0.15) is 0 Å². The first-order chi connectivity index (χ1) is 9.08. The number of rotatable bonds is 6. The van der Waals surface area contributed by atoms with Crippen LogP contribution in [-0.2, 0) is 11.3 Å². The highest BCUT2D eigenvalue weighted by Crippen LogP contribution is 2.16. The van der Waals surface area contributed by atoms with Crippen molar-refractivity contribution in [3.05, 3.63) is 29.8 Å². The van der Waals surface area contributed by atoms with Gasteiger partial charge in [-0.05, 0) is 12.5 Å². The Balaban J connectivity index is 2.52. The van der Waals surface area contributed by atoms with Crippen LogP contribution >= 0.6 is 0 Å². The molecule has 19 heavy (non-hydrogen) atoms. The molecule has 6 nitrogen and oxygen atoms in total. The van der Waals surface area contributed by atoms with Gasteiger partial charge in [-0.25, -0.2) is 9.59 Å². The van der Waals surface area contributed by atoms with Crippen molar-refractivity contribution >= 4 is 12.0 Å². The highest BCUT2D eigenvalue weighted by Gasteiger charge is 2.17. The third kappa shape index (κ3) is 4.50. The summed E-state index contributed by atoms with van der Waals surface area (Å²) in [6, 6.07) is 5.90. The van der Waals surface area contributed by atoms with Crippen LogP contribution in [0, 0.1) is 0 Å². The molecule has 0 aliphatic rings. The van der Waals surface area contributed by atoms with Crippen LogP contribution in [0.25, 0.3) is 0 Å². The number of hydrogen-bond donors (Lipinski definition) is 3. The molecule has 0 aromatic heterocycles. The summed E-state index contributed by atoms with van der Waals surface area (Å²) in [5.74, 6) is -0.372. The molecule has 3 N–H and O–H groups in total. The molecule has 6 heteroatoms. The summed E-state index contributed by atoms with van der Waals surface area (Å²) in [5, 5.41) is 13.8.